The minimum absolute atomic E-state index is 0.00421. The first-order valence-electron chi connectivity index (χ1n) is 6.66. The summed E-state index contributed by atoms with van der Waals surface area (Å²) in [5.74, 6) is 1.59. The molecule has 2 rings (SSSR count). The van der Waals surface area contributed by atoms with E-state index in [4.69, 9.17) is 21.1 Å². The first kappa shape index (κ1) is 15.4. The maximum Gasteiger partial charge on any atom is 0.152 e. The van der Waals surface area contributed by atoms with E-state index in [9.17, 15) is 0 Å². The molecule has 5 heteroatoms. The van der Waals surface area contributed by atoms with Gasteiger partial charge in [-0.2, -0.15) is 0 Å². The SMILES string of the molecule is COc1ccc(OC)c(C(C)Nc2c(C)ccnc2Cl)c1. The molecule has 0 spiro atoms. The Morgan fingerprint density at radius 1 is 1.19 bits per heavy atom. The van der Waals surface area contributed by atoms with Crippen LogP contribution in [0, 0.1) is 6.92 Å². The molecule has 2 aromatic rings. The third-order valence-electron chi connectivity index (χ3n) is 3.38. The summed E-state index contributed by atoms with van der Waals surface area (Å²) >= 11 is 6.16. The number of pyridine rings is 1. The van der Waals surface area contributed by atoms with Crippen molar-refractivity contribution in [2.75, 3.05) is 19.5 Å². The fourth-order valence-corrected chi connectivity index (χ4v) is 2.43. The van der Waals surface area contributed by atoms with Crippen molar-refractivity contribution in [3.63, 3.8) is 0 Å². The van der Waals surface area contributed by atoms with Gasteiger partial charge >= 0.3 is 0 Å². The van der Waals surface area contributed by atoms with Crippen LogP contribution in [-0.2, 0) is 0 Å². The zero-order valence-corrected chi connectivity index (χ0v) is 13.4. The Kier molecular flexibility index (Phi) is 4.91. The molecule has 0 aliphatic heterocycles. The summed E-state index contributed by atoms with van der Waals surface area (Å²) in [6.07, 6.45) is 1.69. The lowest BCUT2D eigenvalue weighted by molar-refractivity contribution is 0.397. The molecule has 0 amide bonds. The molecule has 21 heavy (non-hydrogen) atoms. The molecule has 1 N–H and O–H groups in total. The highest BCUT2D eigenvalue weighted by atomic mass is 35.5. The van der Waals surface area contributed by atoms with E-state index in [1.807, 2.05) is 38.1 Å². The Bertz CT molecular complexity index is 611. The second-order valence-electron chi connectivity index (χ2n) is 4.77. The highest BCUT2D eigenvalue weighted by Gasteiger charge is 2.15. The van der Waals surface area contributed by atoms with Gasteiger partial charge in [0.05, 0.1) is 25.9 Å². The number of halogens is 1. The van der Waals surface area contributed by atoms with Gasteiger partial charge in [0.25, 0.3) is 0 Å². The molecular formula is C16H19ClN2O2. The van der Waals surface area contributed by atoms with Crippen LogP contribution in [0.25, 0.3) is 0 Å². The van der Waals surface area contributed by atoms with Crippen molar-refractivity contribution in [1.82, 2.24) is 4.98 Å². The van der Waals surface area contributed by atoms with Crippen LogP contribution < -0.4 is 14.8 Å². The zero-order chi connectivity index (χ0) is 15.4. The maximum absolute atomic E-state index is 6.16. The van der Waals surface area contributed by atoms with Crippen molar-refractivity contribution in [1.29, 1.82) is 0 Å². The van der Waals surface area contributed by atoms with Crippen LogP contribution in [-0.4, -0.2) is 19.2 Å². The van der Waals surface area contributed by atoms with E-state index in [2.05, 4.69) is 10.3 Å². The second kappa shape index (κ2) is 6.68. The number of nitrogens with zero attached hydrogens (tertiary/aromatic N) is 1. The number of hydrogen-bond donors (Lipinski definition) is 1. The third-order valence-corrected chi connectivity index (χ3v) is 3.66. The number of nitrogens with one attached hydrogen (secondary N) is 1. The fraction of sp³-hybridized carbons (Fsp3) is 0.312. The quantitative estimate of drug-likeness (QED) is 0.839. The Hall–Kier alpha value is -1.94. The van der Waals surface area contributed by atoms with Crippen molar-refractivity contribution in [2.24, 2.45) is 0 Å². The minimum atomic E-state index is -0.00421. The van der Waals surface area contributed by atoms with E-state index in [1.54, 1.807) is 20.4 Å². The number of aryl methyl sites for hydroxylation is 1. The van der Waals surface area contributed by atoms with E-state index in [0.29, 0.717) is 5.15 Å². The molecule has 0 fully saturated rings. The molecule has 1 aromatic carbocycles. The second-order valence-corrected chi connectivity index (χ2v) is 5.13. The molecule has 1 unspecified atom stereocenters. The van der Waals surface area contributed by atoms with Gasteiger partial charge in [-0.1, -0.05) is 11.6 Å². The molecule has 0 aliphatic carbocycles. The van der Waals surface area contributed by atoms with Crippen molar-refractivity contribution in [3.05, 3.63) is 46.7 Å². The molecule has 1 heterocycles. The number of rotatable bonds is 5. The van der Waals surface area contributed by atoms with E-state index >= 15 is 0 Å². The van der Waals surface area contributed by atoms with Gasteiger partial charge in [-0.3, -0.25) is 0 Å². The number of hydrogen-bond acceptors (Lipinski definition) is 4. The first-order valence-corrected chi connectivity index (χ1v) is 7.04. The van der Waals surface area contributed by atoms with Gasteiger partial charge in [0, 0.05) is 11.8 Å². The van der Waals surface area contributed by atoms with Gasteiger partial charge in [-0.25, -0.2) is 4.98 Å². The van der Waals surface area contributed by atoms with Gasteiger partial charge in [0.1, 0.15) is 11.5 Å². The molecular weight excluding hydrogens is 288 g/mol. The lowest BCUT2D eigenvalue weighted by atomic mass is 10.1. The van der Waals surface area contributed by atoms with E-state index < -0.39 is 0 Å². The topological polar surface area (TPSA) is 43.4 Å². The van der Waals surface area contributed by atoms with Crippen LogP contribution in [0.15, 0.2) is 30.5 Å². The monoisotopic (exact) mass is 306 g/mol. The zero-order valence-electron chi connectivity index (χ0n) is 12.6. The fourth-order valence-electron chi connectivity index (χ4n) is 2.17. The molecule has 0 aliphatic rings. The standard InChI is InChI=1S/C16H19ClN2O2/c1-10-7-8-18-16(17)15(10)19-11(2)13-9-12(20-3)5-6-14(13)21-4/h5-9,11,19H,1-4H3. The van der Waals surface area contributed by atoms with Crippen LogP contribution in [0.1, 0.15) is 24.1 Å². The van der Waals surface area contributed by atoms with Gasteiger partial charge in [-0.05, 0) is 43.7 Å². The first-order chi connectivity index (χ1) is 10.1. The van der Waals surface area contributed by atoms with E-state index in [-0.39, 0.29) is 6.04 Å². The summed E-state index contributed by atoms with van der Waals surface area (Å²) in [4.78, 5) is 4.11. The number of ether oxygens (including phenoxy) is 2. The molecule has 0 radical (unpaired) electrons. The molecule has 0 saturated heterocycles. The number of anilines is 1. The Morgan fingerprint density at radius 2 is 1.95 bits per heavy atom. The minimum Gasteiger partial charge on any atom is -0.497 e. The Balaban J connectivity index is 2.33. The van der Waals surface area contributed by atoms with Gasteiger partial charge in [0.2, 0.25) is 0 Å². The lowest BCUT2D eigenvalue weighted by Gasteiger charge is -2.20. The Labute approximate surface area is 130 Å². The van der Waals surface area contributed by atoms with E-state index in [1.165, 1.54) is 0 Å². The normalized spacial score (nSPS) is 11.9. The smallest absolute Gasteiger partial charge is 0.152 e. The van der Waals surface area contributed by atoms with Crippen molar-refractivity contribution >= 4 is 17.3 Å². The number of benzene rings is 1. The maximum atomic E-state index is 6.16. The average molecular weight is 307 g/mol. The summed E-state index contributed by atoms with van der Waals surface area (Å²) in [6.45, 7) is 4.03. The largest absolute Gasteiger partial charge is 0.497 e. The number of aromatic nitrogens is 1. The predicted octanol–water partition coefficient (Wildman–Crippen LogP) is 4.23. The van der Waals surface area contributed by atoms with Gasteiger partial charge in [-0.15, -0.1) is 0 Å². The van der Waals surface area contributed by atoms with Crippen molar-refractivity contribution in [3.8, 4) is 11.5 Å². The summed E-state index contributed by atoms with van der Waals surface area (Å²) < 4.78 is 10.7. The number of methoxy groups -OCH3 is 2. The average Bonchev–Trinajstić information content (AvgIpc) is 2.50. The van der Waals surface area contributed by atoms with Gasteiger partial charge in [0.15, 0.2) is 5.15 Å². The molecule has 0 saturated carbocycles. The van der Waals surface area contributed by atoms with Crippen LogP contribution in [0.5, 0.6) is 11.5 Å². The van der Waals surface area contributed by atoms with E-state index in [0.717, 1.165) is 28.3 Å². The molecule has 0 bridgehead atoms. The summed E-state index contributed by atoms with van der Waals surface area (Å²) in [7, 11) is 3.30. The van der Waals surface area contributed by atoms with Crippen LogP contribution in [0.3, 0.4) is 0 Å². The Morgan fingerprint density at radius 3 is 2.57 bits per heavy atom. The van der Waals surface area contributed by atoms with Gasteiger partial charge < -0.3 is 14.8 Å². The van der Waals surface area contributed by atoms with Crippen molar-refractivity contribution < 1.29 is 9.47 Å². The molecule has 4 nitrogen and oxygen atoms in total. The van der Waals surface area contributed by atoms with Crippen LogP contribution in [0.4, 0.5) is 5.69 Å². The van der Waals surface area contributed by atoms with Crippen LogP contribution >= 0.6 is 11.6 Å². The molecule has 1 atom stereocenters. The van der Waals surface area contributed by atoms with Crippen LogP contribution in [0.2, 0.25) is 5.15 Å². The summed E-state index contributed by atoms with van der Waals surface area (Å²) in [6, 6.07) is 7.64. The molecule has 1 aromatic heterocycles. The summed E-state index contributed by atoms with van der Waals surface area (Å²) in [5.41, 5.74) is 2.87. The predicted molar refractivity (Wildman–Crippen MR) is 85.6 cm³/mol. The highest BCUT2D eigenvalue weighted by Crippen LogP contribution is 2.33. The third kappa shape index (κ3) is 3.39. The molecule has 112 valence electrons. The van der Waals surface area contributed by atoms with Crippen molar-refractivity contribution in [2.45, 2.75) is 19.9 Å². The highest BCUT2D eigenvalue weighted by molar-refractivity contribution is 6.32. The summed E-state index contributed by atoms with van der Waals surface area (Å²) in [5, 5.41) is 3.85. The lowest BCUT2D eigenvalue weighted by Crippen LogP contribution is -2.10.